The van der Waals surface area contributed by atoms with Crippen LogP contribution in [0, 0.1) is 0 Å². The van der Waals surface area contributed by atoms with Gasteiger partial charge in [-0.3, -0.25) is 9.59 Å². The number of halogens is 1. The highest BCUT2D eigenvalue weighted by atomic mass is 35.5. The second-order valence-corrected chi connectivity index (χ2v) is 6.63. The summed E-state index contributed by atoms with van der Waals surface area (Å²) < 4.78 is 4.80. The van der Waals surface area contributed by atoms with Gasteiger partial charge in [0.25, 0.3) is 0 Å². The summed E-state index contributed by atoms with van der Waals surface area (Å²) in [5.74, 6) is -0.850. The molecule has 1 saturated heterocycles. The Morgan fingerprint density at radius 1 is 1.14 bits per heavy atom. The molecular formula is C21H19ClN2O4. The number of cyclic esters (lactones) is 1. The van der Waals surface area contributed by atoms with Gasteiger partial charge in [0, 0.05) is 22.7 Å². The maximum atomic E-state index is 12.3. The molecule has 1 atom stereocenters. The normalized spacial score (nSPS) is 16.0. The number of hydrogen-bond acceptors (Lipinski definition) is 5. The third-order valence-corrected chi connectivity index (χ3v) is 4.56. The van der Waals surface area contributed by atoms with Gasteiger partial charge in [-0.15, -0.1) is 0 Å². The van der Waals surface area contributed by atoms with Gasteiger partial charge in [0.1, 0.15) is 6.04 Å². The number of nitrogens with one attached hydrogen (secondary N) is 2. The number of esters is 1. The van der Waals surface area contributed by atoms with Crippen LogP contribution in [0.4, 0.5) is 5.69 Å². The fraction of sp³-hybridized carbons (Fsp3) is 0.190. The van der Waals surface area contributed by atoms with Crippen molar-refractivity contribution in [3.8, 4) is 0 Å². The summed E-state index contributed by atoms with van der Waals surface area (Å²) in [7, 11) is 0. The number of ketones is 1. The number of allylic oxidation sites excluding steroid dienone is 1. The lowest BCUT2D eigenvalue weighted by Crippen LogP contribution is -2.40. The van der Waals surface area contributed by atoms with E-state index in [4.69, 9.17) is 16.3 Å². The van der Waals surface area contributed by atoms with Gasteiger partial charge < -0.3 is 15.4 Å². The highest BCUT2D eigenvalue weighted by Gasteiger charge is 2.27. The smallest absolute Gasteiger partial charge is 0.328 e. The summed E-state index contributed by atoms with van der Waals surface area (Å²) in [4.78, 5) is 35.5. The van der Waals surface area contributed by atoms with Crippen molar-refractivity contribution in [3.05, 3.63) is 70.8 Å². The average molecular weight is 399 g/mol. The summed E-state index contributed by atoms with van der Waals surface area (Å²) in [6, 6.07) is 13.5. The molecule has 1 aliphatic heterocycles. The Kier molecular flexibility index (Phi) is 6.45. The van der Waals surface area contributed by atoms with Crippen LogP contribution >= 0.6 is 11.6 Å². The predicted octanol–water partition coefficient (Wildman–Crippen LogP) is 3.08. The number of anilines is 1. The first kappa shape index (κ1) is 19.6. The first-order chi connectivity index (χ1) is 13.5. The van der Waals surface area contributed by atoms with E-state index in [2.05, 4.69) is 10.6 Å². The van der Waals surface area contributed by atoms with E-state index in [0.717, 1.165) is 5.56 Å². The fourth-order valence-corrected chi connectivity index (χ4v) is 2.88. The van der Waals surface area contributed by atoms with Crippen molar-refractivity contribution in [2.24, 2.45) is 0 Å². The Morgan fingerprint density at radius 2 is 1.89 bits per heavy atom. The maximum absolute atomic E-state index is 12.3. The second-order valence-electron chi connectivity index (χ2n) is 6.23. The first-order valence-electron chi connectivity index (χ1n) is 8.80. The number of carbonyl (C=O) groups is 3. The van der Waals surface area contributed by atoms with E-state index in [0.29, 0.717) is 29.3 Å². The van der Waals surface area contributed by atoms with Gasteiger partial charge in [-0.05, 0) is 48.0 Å². The van der Waals surface area contributed by atoms with Crippen molar-refractivity contribution in [2.75, 3.05) is 18.5 Å². The van der Waals surface area contributed by atoms with Crippen LogP contribution in [0.3, 0.4) is 0 Å². The van der Waals surface area contributed by atoms with Gasteiger partial charge in [-0.25, -0.2) is 4.79 Å². The van der Waals surface area contributed by atoms with Crippen molar-refractivity contribution in [3.63, 3.8) is 0 Å². The Balaban J connectivity index is 1.51. The lowest BCUT2D eigenvalue weighted by molar-refractivity contribution is -0.141. The van der Waals surface area contributed by atoms with Crippen LogP contribution in [-0.4, -0.2) is 36.9 Å². The number of hydrogen-bond donors (Lipinski definition) is 2. The topological polar surface area (TPSA) is 84.5 Å². The summed E-state index contributed by atoms with van der Waals surface area (Å²) in [6.07, 6.45) is 3.63. The molecule has 28 heavy (non-hydrogen) atoms. The molecule has 1 aliphatic rings. The molecule has 7 heteroatoms. The number of carbonyl (C=O) groups excluding carboxylic acids is 3. The molecule has 0 spiro atoms. The number of ether oxygens (including phenoxy) is 1. The van der Waals surface area contributed by atoms with E-state index in [-0.39, 0.29) is 18.2 Å². The lowest BCUT2D eigenvalue weighted by atomic mass is 10.1. The van der Waals surface area contributed by atoms with Gasteiger partial charge in [0.05, 0.1) is 13.2 Å². The van der Waals surface area contributed by atoms with Crippen LogP contribution in [0.5, 0.6) is 0 Å². The molecule has 1 fully saturated rings. The van der Waals surface area contributed by atoms with Gasteiger partial charge >= 0.3 is 5.97 Å². The minimum atomic E-state index is -0.570. The minimum Gasteiger partial charge on any atom is -0.464 e. The summed E-state index contributed by atoms with van der Waals surface area (Å²) >= 11 is 6.07. The first-order valence-corrected chi connectivity index (χ1v) is 9.17. The highest BCUT2D eigenvalue weighted by molar-refractivity contribution is 6.32. The minimum absolute atomic E-state index is 0.0173. The Bertz CT molecular complexity index is 909. The molecular weight excluding hydrogens is 380 g/mol. The van der Waals surface area contributed by atoms with E-state index in [1.54, 1.807) is 36.4 Å². The maximum Gasteiger partial charge on any atom is 0.328 e. The molecule has 0 aliphatic carbocycles. The standard InChI is InChI=1S/C21H19ClN2O4/c22-17-4-2-1-3-14(17)7-10-19(25)15-5-8-16(9-6-15)23-13-20(26)24-18-11-12-28-21(18)27/h1-10,18,23H,11-13H2,(H,24,26)/b10-7+/t18-/m0/s1. The summed E-state index contributed by atoms with van der Waals surface area (Å²) in [5.41, 5.74) is 1.98. The number of benzene rings is 2. The molecule has 0 radical (unpaired) electrons. The van der Waals surface area contributed by atoms with Crippen LogP contribution in [0.15, 0.2) is 54.6 Å². The van der Waals surface area contributed by atoms with Crippen molar-refractivity contribution >= 4 is 41.0 Å². The molecule has 3 rings (SSSR count). The van der Waals surface area contributed by atoms with Gasteiger partial charge in [0.15, 0.2) is 5.78 Å². The zero-order valence-electron chi connectivity index (χ0n) is 15.0. The molecule has 2 N–H and O–H groups in total. The molecule has 1 heterocycles. The number of rotatable bonds is 7. The van der Waals surface area contributed by atoms with E-state index < -0.39 is 12.0 Å². The highest BCUT2D eigenvalue weighted by Crippen LogP contribution is 2.17. The van der Waals surface area contributed by atoms with Crippen LogP contribution in [0.1, 0.15) is 22.3 Å². The lowest BCUT2D eigenvalue weighted by Gasteiger charge is -2.10. The summed E-state index contributed by atoms with van der Waals surface area (Å²) in [5, 5.41) is 6.15. The monoisotopic (exact) mass is 398 g/mol. The molecule has 0 bridgehead atoms. The zero-order valence-corrected chi connectivity index (χ0v) is 15.7. The SMILES string of the molecule is O=C(CNc1ccc(C(=O)/C=C/c2ccccc2Cl)cc1)N[C@H]1CCOC1=O. The second kappa shape index (κ2) is 9.19. The predicted molar refractivity (Wildman–Crippen MR) is 107 cm³/mol. The van der Waals surface area contributed by atoms with E-state index >= 15 is 0 Å². The van der Waals surface area contributed by atoms with Crippen LogP contribution in [0.25, 0.3) is 6.08 Å². The Labute approximate surface area is 167 Å². The average Bonchev–Trinajstić information content (AvgIpc) is 3.10. The van der Waals surface area contributed by atoms with Gasteiger partial charge in [-0.2, -0.15) is 0 Å². The molecule has 1 amide bonds. The third kappa shape index (κ3) is 5.20. The van der Waals surface area contributed by atoms with Gasteiger partial charge in [0.2, 0.25) is 5.91 Å². The fourth-order valence-electron chi connectivity index (χ4n) is 2.68. The van der Waals surface area contributed by atoms with E-state index in [1.165, 1.54) is 6.08 Å². The molecule has 0 aromatic heterocycles. The molecule has 6 nitrogen and oxygen atoms in total. The van der Waals surface area contributed by atoms with Crippen molar-refractivity contribution < 1.29 is 19.1 Å². The van der Waals surface area contributed by atoms with E-state index in [9.17, 15) is 14.4 Å². The number of amides is 1. The Morgan fingerprint density at radius 3 is 2.57 bits per heavy atom. The van der Waals surface area contributed by atoms with Gasteiger partial charge in [-0.1, -0.05) is 29.8 Å². The zero-order chi connectivity index (χ0) is 19.9. The molecule has 0 saturated carbocycles. The van der Waals surface area contributed by atoms with E-state index in [1.807, 2.05) is 18.2 Å². The summed E-state index contributed by atoms with van der Waals surface area (Å²) in [6.45, 7) is 0.348. The third-order valence-electron chi connectivity index (χ3n) is 4.21. The van der Waals surface area contributed by atoms with Crippen LogP contribution in [0.2, 0.25) is 5.02 Å². The quantitative estimate of drug-likeness (QED) is 0.425. The molecule has 2 aromatic rings. The van der Waals surface area contributed by atoms with Crippen molar-refractivity contribution in [1.82, 2.24) is 5.32 Å². The molecule has 144 valence electrons. The molecule has 0 unspecified atom stereocenters. The van der Waals surface area contributed by atoms with Crippen LogP contribution in [-0.2, 0) is 14.3 Å². The van der Waals surface area contributed by atoms with Crippen LogP contribution < -0.4 is 10.6 Å². The van der Waals surface area contributed by atoms with Crippen molar-refractivity contribution in [2.45, 2.75) is 12.5 Å². The largest absolute Gasteiger partial charge is 0.464 e. The molecule has 2 aromatic carbocycles. The van der Waals surface area contributed by atoms with Crippen molar-refractivity contribution in [1.29, 1.82) is 0 Å². The Hall–Kier alpha value is -3.12.